The van der Waals surface area contributed by atoms with Crippen LogP contribution in [0.2, 0.25) is 0 Å². The molecule has 1 aliphatic rings. The van der Waals surface area contributed by atoms with Crippen molar-refractivity contribution in [2.24, 2.45) is 0 Å². The molecule has 21 heavy (non-hydrogen) atoms. The highest BCUT2D eigenvalue weighted by molar-refractivity contribution is 9.10. The summed E-state index contributed by atoms with van der Waals surface area (Å²) in [5.74, 6) is 0. The van der Waals surface area contributed by atoms with Crippen molar-refractivity contribution in [2.75, 3.05) is 13.2 Å². The number of ether oxygens (including phenoxy) is 2. The molecule has 112 valence electrons. The molecular weight excluding hydrogens is 328 g/mol. The van der Waals surface area contributed by atoms with E-state index in [0.29, 0.717) is 0 Å². The minimum atomic E-state index is 0.0267. The Morgan fingerprint density at radius 1 is 1.14 bits per heavy atom. The maximum absolute atomic E-state index is 5.79. The molecule has 2 aromatic carbocycles. The highest BCUT2D eigenvalue weighted by atomic mass is 79.9. The molecule has 0 spiro atoms. The fourth-order valence-corrected chi connectivity index (χ4v) is 3.48. The van der Waals surface area contributed by atoms with Crippen LogP contribution in [0.25, 0.3) is 10.8 Å². The first-order chi connectivity index (χ1) is 10.3. The number of fused-ring (bicyclic) bond motifs is 1. The van der Waals surface area contributed by atoms with Crippen LogP contribution in [0.1, 0.15) is 31.2 Å². The van der Waals surface area contributed by atoms with Crippen LogP contribution in [0.4, 0.5) is 0 Å². The van der Waals surface area contributed by atoms with Crippen molar-refractivity contribution in [3.63, 3.8) is 0 Å². The first kappa shape index (κ1) is 15.0. The lowest BCUT2D eigenvalue weighted by atomic mass is 10.0. The van der Waals surface area contributed by atoms with Crippen LogP contribution < -0.4 is 0 Å². The molecule has 1 atom stereocenters. The molecule has 0 amide bonds. The van der Waals surface area contributed by atoms with Crippen LogP contribution in [0, 0.1) is 0 Å². The van der Waals surface area contributed by atoms with Crippen molar-refractivity contribution >= 4 is 26.7 Å². The predicted molar refractivity (Wildman–Crippen MR) is 89.5 cm³/mol. The number of rotatable bonds is 5. The zero-order valence-electron chi connectivity index (χ0n) is 12.2. The first-order valence-corrected chi connectivity index (χ1v) is 8.53. The van der Waals surface area contributed by atoms with E-state index in [9.17, 15) is 0 Å². The van der Waals surface area contributed by atoms with E-state index in [0.717, 1.165) is 32.5 Å². The van der Waals surface area contributed by atoms with Gasteiger partial charge < -0.3 is 9.47 Å². The number of aryl methyl sites for hydroxylation is 1. The average molecular weight is 349 g/mol. The highest BCUT2D eigenvalue weighted by Crippen LogP contribution is 2.28. The molecule has 2 nitrogen and oxygen atoms in total. The Morgan fingerprint density at radius 3 is 2.90 bits per heavy atom. The summed E-state index contributed by atoms with van der Waals surface area (Å²) in [5.41, 5.74) is 1.35. The van der Waals surface area contributed by atoms with Gasteiger partial charge in [0.15, 0.2) is 6.29 Å². The van der Waals surface area contributed by atoms with Crippen molar-refractivity contribution < 1.29 is 9.47 Å². The summed E-state index contributed by atoms with van der Waals surface area (Å²) in [6.07, 6.45) is 5.51. The quantitative estimate of drug-likeness (QED) is 0.701. The van der Waals surface area contributed by atoms with Crippen molar-refractivity contribution in [1.82, 2.24) is 0 Å². The third kappa shape index (κ3) is 3.85. The lowest BCUT2D eigenvalue weighted by Crippen LogP contribution is -2.22. The monoisotopic (exact) mass is 348 g/mol. The smallest absolute Gasteiger partial charge is 0.157 e. The summed E-state index contributed by atoms with van der Waals surface area (Å²) < 4.78 is 12.6. The SMILES string of the molecule is Brc1c(CCCO[C@H]2CCCCO2)ccc2ccccc12. The fraction of sp³-hybridized carbons (Fsp3) is 0.444. The second-order valence-electron chi connectivity index (χ2n) is 5.53. The van der Waals surface area contributed by atoms with E-state index in [2.05, 4.69) is 52.3 Å². The standard InChI is InChI=1S/C18H21BrO2/c19-18-15(11-10-14-6-1-2-8-16(14)18)7-5-13-21-17-9-3-4-12-20-17/h1-2,6,8,10-11,17H,3-5,7,9,12-13H2/t17-/m0/s1. The van der Waals surface area contributed by atoms with Crippen molar-refractivity contribution in [1.29, 1.82) is 0 Å². The summed E-state index contributed by atoms with van der Waals surface area (Å²) >= 11 is 3.75. The molecule has 3 rings (SSSR count). The molecular formula is C18H21BrO2. The van der Waals surface area contributed by atoms with E-state index < -0.39 is 0 Å². The Bertz CT molecular complexity index is 591. The van der Waals surface area contributed by atoms with Gasteiger partial charge in [-0.3, -0.25) is 0 Å². The molecule has 0 N–H and O–H groups in total. The zero-order valence-corrected chi connectivity index (χ0v) is 13.8. The number of halogens is 1. The van der Waals surface area contributed by atoms with Crippen LogP contribution in [0.5, 0.6) is 0 Å². The highest BCUT2D eigenvalue weighted by Gasteiger charge is 2.13. The number of hydrogen-bond acceptors (Lipinski definition) is 2. The Morgan fingerprint density at radius 2 is 2.05 bits per heavy atom. The van der Waals surface area contributed by atoms with Gasteiger partial charge in [-0.2, -0.15) is 0 Å². The lowest BCUT2D eigenvalue weighted by molar-refractivity contribution is -0.162. The minimum Gasteiger partial charge on any atom is -0.353 e. The van der Waals surface area contributed by atoms with Gasteiger partial charge in [0.2, 0.25) is 0 Å². The number of hydrogen-bond donors (Lipinski definition) is 0. The molecule has 1 saturated heterocycles. The summed E-state index contributed by atoms with van der Waals surface area (Å²) in [6, 6.07) is 12.9. The Hall–Kier alpha value is -0.900. The molecule has 0 saturated carbocycles. The minimum absolute atomic E-state index is 0.0267. The maximum atomic E-state index is 5.79. The van der Waals surface area contributed by atoms with Gasteiger partial charge in [-0.15, -0.1) is 0 Å². The Labute approximate surface area is 134 Å². The van der Waals surface area contributed by atoms with E-state index in [4.69, 9.17) is 9.47 Å². The van der Waals surface area contributed by atoms with Crippen LogP contribution in [-0.4, -0.2) is 19.5 Å². The van der Waals surface area contributed by atoms with Crippen LogP contribution in [0.15, 0.2) is 40.9 Å². The largest absolute Gasteiger partial charge is 0.353 e. The van der Waals surface area contributed by atoms with Gasteiger partial charge in [0.25, 0.3) is 0 Å². The maximum Gasteiger partial charge on any atom is 0.157 e. The topological polar surface area (TPSA) is 18.5 Å². The summed E-state index contributed by atoms with van der Waals surface area (Å²) in [5, 5.41) is 2.56. The summed E-state index contributed by atoms with van der Waals surface area (Å²) in [6.45, 7) is 1.62. The fourth-order valence-electron chi connectivity index (χ4n) is 2.79. The molecule has 1 heterocycles. The van der Waals surface area contributed by atoms with Gasteiger partial charge in [0.1, 0.15) is 0 Å². The van der Waals surface area contributed by atoms with Gasteiger partial charge in [-0.05, 0) is 64.4 Å². The van der Waals surface area contributed by atoms with Gasteiger partial charge in [-0.1, -0.05) is 36.4 Å². The van der Waals surface area contributed by atoms with Crippen molar-refractivity contribution in [2.45, 2.75) is 38.4 Å². The van der Waals surface area contributed by atoms with Gasteiger partial charge in [-0.25, -0.2) is 0 Å². The normalized spacial score (nSPS) is 19.0. The third-order valence-corrected chi connectivity index (χ3v) is 4.91. The molecule has 3 heteroatoms. The summed E-state index contributed by atoms with van der Waals surface area (Å²) in [4.78, 5) is 0. The number of benzene rings is 2. The molecule has 0 radical (unpaired) electrons. The molecule has 0 bridgehead atoms. The summed E-state index contributed by atoms with van der Waals surface area (Å²) in [7, 11) is 0. The second kappa shape index (κ2) is 7.39. The van der Waals surface area contributed by atoms with Crippen molar-refractivity contribution in [3.8, 4) is 0 Å². The Balaban J connectivity index is 1.54. The molecule has 0 aromatic heterocycles. The van der Waals surface area contributed by atoms with E-state index in [1.165, 1.54) is 33.7 Å². The van der Waals surface area contributed by atoms with E-state index in [1.807, 2.05) is 0 Å². The Kier molecular flexibility index (Phi) is 5.28. The predicted octanol–water partition coefficient (Wildman–Crippen LogP) is 5.08. The van der Waals surface area contributed by atoms with Gasteiger partial charge in [0, 0.05) is 11.1 Å². The lowest BCUT2D eigenvalue weighted by Gasteiger charge is -2.22. The van der Waals surface area contributed by atoms with Crippen LogP contribution in [0.3, 0.4) is 0 Å². The van der Waals surface area contributed by atoms with Crippen LogP contribution in [-0.2, 0) is 15.9 Å². The molecule has 2 aromatic rings. The van der Waals surface area contributed by atoms with Gasteiger partial charge in [0.05, 0.1) is 6.61 Å². The van der Waals surface area contributed by atoms with Gasteiger partial charge >= 0.3 is 0 Å². The van der Waals surface area contributed by atoms with E-state index in [1.54, 1.807) is 0 Å². The third-order valence-electron chi connectivity index (χ3n) is 3.98. The average Bonchev–Trinajstić information content (AvgIpc) is 2.55. The van der Waals surface area contributed by atoms with E-state index >= 15 is 0 Å². The molecule has 0 unspecified atom stereocenters. The molecule has 1 aliphatic heterocycles. The molecule has 0 aliphatic carbocycles. The molecule has 1 fully saturated rings. The first-order valence-electron chi connectivity index (χ1n) is 7.74. The van der Waals surface area contributed by atoms with Crippen LogP contribution >= 0.6 is 15.9 Å². The zero-order chi connectivity index (χ0) is 14.5. The second-order valence-corrected chi connectivity index (χ2v) is 6.32. The van der Waals surface area contributed by atoms with Crippen molar-refractivity contribution in [3.05, 3.63) is 46.4 Å². The van der Waals surface area contributed by atoms with E-state index in [-0.39, 0.29) is 6.29 Å².